The lowest BCUT2D eigenvalue weighted by Crippen LogP contribution is -2.45. The van der Waals surface area contributed by atoms with Crippen molar-refractivity contribution in [2.75, 3.05) is 13.4 Å². The van der Waals surface area contributed by atoms with Crippen LogP contribution in [0.5, 0.6) is 0 Å². The van der Waals surface area contributed by atoms with Crippen molar-refractivity contribution < 1.29 is 44.8 Å². The fourth-order valence-electron chi connectivity index (χ4n) is 2.24. The van der Waals surface area contributed by atoms with E-state index in [1.54, 1.807) is 20.8 Å². The number of ether oxygens (including phenoxy) is 2. The first-order valence-electron chi connectivity index (χ1n) is 8.22. The Balaban J connectivity index is 3.44. The zero-order valence-corrected chi connectivity index (χ0v) is 17.2. The predicted molar refractivity (Wildman–Crippen MR) is 94.8 cm³/mol. The second-order valence-electron chi connectivity index (χ2n) is 7.04. The summed E-state index contributed by atoms with van der Waals surface area (Å²) in [7, 11) is -3.27. The van der Waals surface area contributed by atoms with Crippen molar-refractivity contribution in [2.45, 2.75) is 44.9 Å². The van der Waals surface area contributed by atoms with Crippen LogP contribution in [0.1, 0.15) is 38.9 Å². The number of methoxy groups -OCH3 is 1. The highest BCUT2D eigenvalue weighted by Crippen LogP contribution is 2.29. The van der Waals surface area contributed by atoms with Crippen molar-refractivity contribution in [1.29, 1.82) is 0 Å². The van der Waals surface area contributed by atoms with Gasteiger partial charge in [-0.05, 0) is 26.8 Å². The van der Waals surface area contributed by atoms with Crippen molar-refractivity contribution in [3.63, 3.8) is 0 Å². The maximum absolute atomic E-state index is 14.3. The minimum absolute atomic E-state index is 0.186. The van der Waals surface area contributed by atoms with Crippen molar-refractivity contribution in [3.8, 4) is 0 Å². The molecule has 0 spiro atoms. The van der Waals surface area contributed by atoms with E-state index in [1.807, 2.05) is 0 Å². The maximum atomic E-state index is 14.3. The summed E-state index contributed by atoms with van der Waals surface area (Å²) in [6.07, 6.45) is -3.07. The highest BCUT2D eigenvalue weighted by atomic mass is 32.2. The Morgan fingerprint density at radius 1 is 1.10 bits per heavy atom. The Kier molecular flexibility index (Phi) is 8.04. The van der Waals surface area contributed by atoms with Gasteiger partial charge in [-0.15, -0.1) is 0 Å². The van der Waals surface area contributed by atoms with Gasteiger partial charge in [0.15, 0.2) is 11.6 Å². The molecular weight excluding hydrogens is 419 g/mol. The topological polar surface area (TPSA) is 108 Å². The highest BCUT2D eigenvalue weighted by Gasteiger charge is 2.35. The number of halogens is 3. The summed E-state index contributed by atoms with van der Waals surface area (Å²) in [5, 5.41) is 2.19. The van der Waals surface area contributed by atoms with Crippen LogP contribution in [-0.2, 0) is 28.6 Å². The van der Waals surface area contributed by atoms with Gasteiger partial charge in [0.2, 0.25) is 0 Å². The third kappa shape index (κ3) is 8.28. The number of esters is 1. The van der Waals surface area contributed by atoms with Crippen LogP contribution in [0.15, 0.2) is 12.1 Å². The summed E-state index contributed by atoms with van der Waals surface area (Å²) in [5.41, 5.74) is -1.69. The van der Waals surface area contributed by atoms with Gasteiger partial charge in [-0.1, -0.05) is 0 Å². The standard InChI is InChI=1S/C17H22F3NO7S/c1-17(2,3)27-16(23)21-13(8-14(22)26-4)15(28-29(5,24)25)9-6-11(19)12(20)7-10(9)18/h6-7,13,15H,8H2,1-5H3,(H,21,23). The number of amides is 1. The lowest BCUT2D eigenvalue weighted by Gasteiger charge is -2.28. The number of carbonyl (C=O) groups is 2. The van der Waals surface area contributed by atoms with Gasteiger partial charge in [-0.2, -0.15) is 8.42 Å². The summed E-state index contributed by atoms with van der Waals surface area (Å²) in [6, 6.07) is -1.00. The van der Waals surface area contributed by atoms with Gasteiger partial charge in [0.1, 0.15) is 17.5 Å². The number of carbonyl (C=O) groups excluding carboxylic acids is 2. The SMILES string of the molecule is COC(=O)CC(NC(=O)OC(C)(C)C)C(OS(C)(=O)=O)c1cc(F)c(F)cc1F. The van der Waals surface area contributed by atoms with E-state index < -0.39 is 69.4 Å². The van der Waals surface area contributed by atoms with E-state index in [-0.39, 0.29) is 6.07 Å². The smallest absolute Gasteiger partial charge is 0.407 e. The van der Waals surface area contributed by atoms with Crippen molar-refractivity contribution >= 4 is 22.2 Å². The van der Waals surface area contributed by atoms with Crippen molar-refractivity contribution in [1.82, 2.24) is 5.32 Å². The Morgan fingerprint density at radius 3 is 2.14 bits per heavy atom. The third-order valence-electron chi connectivity index (χ3n) is 3.31. The van der Waals surface area contributed by atoms with Crippen molar-refractivity contribution in [2.24, 2.45) is 0 Å². The molecule has 1 amide bonds. The molecule has 29 heavy (non-hydrogen) atoms. The van der Waals surface area contributed by atoms with Crippen LogP contribution in [-0.4, -0.2) is 45.5 Å². The van der Waals surface area contributed by atoms with Crippen LogP contribution in [0, 0.1) is 17.5 Å². The normalized spacial score (nSPS) is 14.1. The molecule has 2 unspecified atom stereocenters. The van der Waals surface area contributed by atoms with E-state index in [4.69, 9.17) is 8.92 Å². The zero-order chi connectivity index (χ0) is 22.6. The molecule has 0 fully saturated rings. The maximum Gasteiger partial charge on any atom is 0.407 e. The molecule has 0 heterocycles. The number of alkyl carbamates (subject to hydrolysis) is 1. The molecule has 1 N–H and O–H groups in total. The van der Waals surface area contributed by atoms with Gasteiger partial charge < -0.3 is 14.8 Å². The number of hydrogen-bond acceptors (Lipinski definition) is 7. The number of rotatable bonds is 7. The first kappa shape index (κ1) is 24.7. The molecule has 164 valence electrons. The Labute approximate surface area is 166 Å². The van der Waals surface area contributed by atoms with Gasteiger partial charge in [0.25, 0.3) is 10.1 Å². The van der Waals surface area contributed by atoms with Gasteiger partial charge in [-0.25, -0.2) is 18.0 Å². The predicted octanol–water partition coefficient (Wildman–Crippen LogP) is 2.58. The summed E-state index contributed by atoms with van der Waals surface area (Å²) in [6.45, 7) is 4.63. The summed E-state index contributed by atoms with van der Waals surface area (Å²) >= 11 is 0. The molecule has 2 atom stereocenters. The molecular formula is C17H22F3NO7S. The second-order valence-corrected chi connectivity index (χ2v) is 8.64. The monoisotopic (exact) mass is 441 g/mol. The van der Waals surface area contributed by atoms with E-state index in [9.17, 15) is 31.2 Å². The summed E-state index contributed by atoms with van der Waals surface area (Å²) in [4.78, 5) is 23.9. The molecule has 8 nitrogen and oxygen atoms in total. The zero-order valence-electron chi connectivity index (χ0n) is 16.4. The van der Waals surface area contributed by atoms with Crippen LogP contribution >= 0.6 is 0 Å². The molecule has 1 aromatic carbocycles. The highest BCUT2D eigenvalue weighted by molar-refractivity contribution is 7.86. The summed E-state index contributed by atoms with van der Waals surface area (Å²) < 4.78 is 79.0. The molecule has 1 rings (SSSR count). The first-order chi connectivity index (χ1) is 13.1. The van der Waals surface area contributed by atoms with E-state index in [0.717, 1.165) is 7.11 Å². The number of nitrogens with one attached hydrogen (secondary N) is 1. The fraction of sp³-hybridized carbons (Fsp3) is 0.529. The molecule has 0 aromatic heterocycles. The first-order valence-corrected chi connectivity index (χ1v) is 10.0. The molecule has 0 aliphatic rings. The van der Waals surface area contributed by atoms with Crippen LogP contribution in [0.25, 0.3) is 0 Å². The number of hydrogen-bond donors (Lipinski definition) is 1. The Bertz CT molecular complexity index is 869. The van der Waals surface area contributed by atoms with Crippen molar-refractivity contribution in [3.05, 3.63) is 35.1 Å². The molecule has 0 bridgehead atoms. The van der Waals surface area contributed by atoms with E-state index >= 15 is 0 Å². The van der Waals surface area contributed by atoms with Gasteiger partial charge >= 0.3 is 12.1 Å². The lowest BCUT2D eigenvalue weighted by atomic mass is 9.99. The van der Waals surface area contributed by atoms with Gasteiger partial charge in [0, 0.05) is 11.6 Å². The largest absolute Gasteiger partial charge is 0.469 e. The van der Waals surface area contributed by atoms with Crippen LogP contribution < -0.4 is 5.32 Å². The molecule has 0 saturated heterocycles. The van der Waals surface area contributed by atoms with Crippen LogP contribution in [0.2, 0.25) is 0 Å². The minimum Gasteiger partial charge on any atom is -0.469 e. The average Bonchev–Trinajstić information content (AvgIpc) is 2.53. The van der Waals surface area contributed by atoms with E-state index in [2.05, 4.69) is 10.1 Å². The average molecular weight is 441 g/mol. The Morgan fingerprint density at radius 2 is 1.66 bits per heavy atom. The fourth-order valence-corrected chi connectivity index (χ4v) is 2.85. The minimum atomic E-state index is -4.30. The summed E-state index contributed by atoms with van der Waals surface area (Å²) in [5.74, 6) is -5.28. The molecule has 0 aliphatic heterocycles. The number of benzene rings is 1. The quantitative estimate of drug-likeness (QED) is 0.394. The third-order valence-corrected chi connectivity index (χ3v) is 3.86. The Hall–Kier alpha value is -2.34. The van der Waals surface area contributed by atoms with Crippen LogP contribution in [0.4, 0.5) is 18.0 Å². The molecule has 1 aromatic rings. The van der Waals surface area contributed by atoms with Gasteiger partial charge in [-0.3, -0.25) is 8.98 Å². The second kappa shape index (κ2) is 9.44. The van der Waals surface area contributed by atoms with E-state index in [0.29, 0.717) is 12.3 Å². The van der Waals surface area contributed by atoms with Crippen LogP contribution in [0.3, 0.4) is 0 Å². The molecule has 0 aliphatic carbocycles. The lowest BCUT2D eigenvalue weighted by molar-refractivity contribution is -0.141. The molecule has 0 radical (unpaired) electrons. The molecule has 12 heteroatoms. The molecule has 0 saturated carbocycles. The van der Waals surface area contributed by atoms with E-state index in [1.165, 1.54) is 0 Å². The van der Waals surface area contributed by atoms with Gasteiger partial charge in [0.05, 0.1) is 25.8 Å².